The van der Waals surface area contributed by atoms with Gasteiger partial charge in [-0.25, -0.2) is 9.59 Å². The third-order valence-electron chi connectivity index (χ3n) is 3.61. The molecule has 0 radical (unpaired) electrons. The molecule has 1 aliphatic heterocycles. The molecule has 134 valence electrons. The quantitative estimate of drug-likeness (QED) is 0.502. The average Bonchev–Trinajstić information content (AvgIpc) is 3.33. The molecule has 3 rings (SSSR count). The van der Waals surface area contributed by atoms with Crippen LogP contribution >= 0.6 is 0 Å². The molecule has 3 heterocycles. The Morgan fingerprint density at radius 2 is 2.12 bits per heavy atom. The number of rotatable bonds is 5. The van der Waals surface area contributed by atoms with E-state index in [-0.39, 0.29) is 23.8 Å². The van der Waals surface area contributed by atoms with Crippen LogP contribution in [0.1, 0.15) is 29.0 Å². The van der Waals surface area contributed by atoms with Crippen LogP contribution < -0.4 is 5.32 Å². The third-order valence-corrected chi connectivity index (χ3v) is 3.61. The number of carbonyl (C=O) groups excluding carboxylic acids is 3. The highest BCUT2D eigenvalue weighted by molar-refractivity contribution is 6.11. The fraction of sp³-hybridized carbons (Fsp3) is 0.167. The largest absolute Gasteiger partial charge is 0.465 e. The number of nitrogens with one attached hydrogen (secondary N) is 1. The number of esters is 1. The molecule has 1 fully saturated rings. The van der Waals surface area contributed by atoms with Crippen LogP contribution in [0.2, 0.25) is 0 Å². The molecule has 1 N–H and O–H groups in total. The van der Waals surface area contributed by atoms with Crippen LogP contribution in [-0.4, -0.2) is 29.9 Å². The van der Waals surface area contributed by atoms with Gasteiger partial charge in [0, 0.05) is 0 Å². The van der Waals surface area contributed by atoms with Gasteiger partial charge in [0.2, 0.25) is 5.76 Å². The fourth-order valence-corrected chi connectivity index (χ4v) is 2.41. The highest BCUT2D eigenvalue weighted by Crippen LogP contribution is 2.18. The first kappa shape index (κ1) is 17.3. The van der Waals surface area contributed by atoms with E-state index in [0.717, 1.165) is 10.5 Å². The van der Waals surface area contributed by atoms with Gasteiger partial charge in [-0.05, 0) is 48.9 Å². The van der Waals surface area contributed by atoms with E-state index in [1.165, 1.54) is 19.2 Å². The first-order valence-electron chi connectivity index (χ1n) is 7.71. The van der Waals surface area contributed by atoms with Gasteiger partial charge in [0.05, 0.1) is 19.9 Å². The maximum absolute atomic E-state index is 12.4. The first-order chi connectivity index (χ1) is 12.5. The number of allylic oxidation sites excluding steroid dienone is 2. The number of methoxy groups -OCH3 is 1. The summed E-state index contributed by atoms with van der Waals surface area (Å²) in [6.45, 7) is 1.69. The SMILES string of the molecule is COC(=O)c1ccc(CN2C(=O)NC(=CC(C)=Cc3ccco3)C2=O)o1. The lowest BCUT2D eigenvalue weighted by Crippen LogP contribution is -2.30. The minimum absolute atomic E-state index is 0.00236. The van der Waals surface area contributed by atoms with Crippen LogP contribution in [0.25, 0.3) is 6.08 Å². The summed E-state index contributed by atoms with van der Waals surface area (Å²) in [5.74, 6) is -0.189. The minimum atomic E-state index is -0.632. The molecule has 8 heteroatoms. The summed E-state index contributed by atoms with van der Waals surface area (Å²) in [4.78, 5) is 36.9. The first-order valence-corrected chi connectivity index (χ1v) is 7.71. The van der Waals surface area contributed by atoms with E-state index in [4.69, 9.17) is 8.83 Å². The minimum Gasteiger partial charge on any atom is -0.465 e. The van der Waals surface area contributed by atoms with Gasteiger partial charge in [-0.2, -0.15) is 0 Å². The van der Waals surface area contributed by atoms with Crippen molar-refractivity contribution < 1.29 is 28.0 Å². The van der Waals surface area contributed by atoms with Gasteiger partial charge >= 0.3 is 12.0 Å². The molecule has 0 bridgehead atoms. The molecule has 0 aromatic carbocycles. The van der Waals surface area contributed by atoms with Gasteiger partial charge in [-0.1, -0.05) is 0 Å². The zero-order chi connectivity index (χ0) is 18.7. The summed E-state index contributed by atoms with van der Waals surface area (Å²) in [6, 6.07) is 5.90. The Labute approximate surface area is 148 Å². The summed E-state index contributed by atoms with van der Waals surface area (Å²) in [6.07, 6.45) is 4.84. The van der Waals surface area contributed by atoms with Crippen LogP contribution in [-0.2, 0) is 16.1 Å². The number of urea groups is 1. The number of carbonyl (C=O) groups is 3. The second-order valence-corrected chi connectivity index (χ2v) is 5.54. The Balaban J connectivity index is 1.73. The predicted molar refractivity (Wildman–Crippen MR) is 89.6 cm³/mol. The maximum atomic E-state index is 12.4. The van der Waals surface area contributed by atoms with E-state index in [0.29, 0.717) is 5.76 Å². The zero-order valence-corrected chi connectivity index (χ0v) is 14.1. The summed E-state index contributed by atoms with van der Waals surface area (Å²) >= 11 is 0. The number of hydrogen-bond acceptors (Lipinski definition) is 6. The number of ether oxygens (including phenoxy) is 1. The van der Waals surface area contributed by atoms with Gasteiger partial charge < -0.3 is 18.9 Å². The lowest BCUT2D eigenvalue weighted by atomic mass is 10.2. The molecule has 0 spiro atoms. The molecule has 26 heavy (non-hydrogen) atoms. The van der Waals surface area contributed by atoms with E-state index < -0.39 is 17.9 Å². The van der Waals surface area contributed by atoms with Crippen molar-refractivity contribution in [2.24, 2.45) is 0 Å². The molecule has 8 nitrogen and oxygen atoms in total. The highest BCUT2D eigenvalue weighted by Gasteiger charge is 2.34. The molecule has 0 unspecified atom stereocenters. The van der Waals surface area contributed by atoms with Gasteiger partial charge in [-0.3, -0.25) is 9.69 Å². The van der Waals surface area contributed by atoms with Crippen LogP contribution in [0.5, 0.6) is 0 Å². The summed E-state index contributed by atoms with van der Waals surface area (Å²) in [7, 11) is 1.23. The topological polar surface area (TPSA) is 102 Å². The number of nitrogens with zero attached hydrogens (tertiary/aromatic N) is 1. The van der Waals surface area contributed by atoms with Crippen molar-refractivity contribution in [3.8, 4) is 0 Å². The zero-order valence-electron chi connectivity index (χ0n) is 14.1. The molecule has 2 aromatic heterocycles. The van der Waals surface area contributed by atoms with Crippen molar-refractivity contribution in [1.82, 2.24) is 10.2 Å². The van der Waals surface area contributed by atoms with Gasteiger partial charge in [-0.15, -0.1) is 0 Å². The van der Waals surface area contributed by atoms with Crippen LogP contribution in [0, 0.1) is 0 Å². The van der Waals surface area contributed by atoms with E-state index in [2.05, 4.69) is 10.1 Å². The standard InChI is InChI=1S/C18H16N2O6/c1-11(8-12-4-3-7-25-12)9-14-16(21)20(18(23)19-14)10-13-5-6-15(26-13)17(22)24-2/h3-9H,10H2,1-2H3,(H,19,23). The maximum Gasteiger partial charge on any atom is 0.373 e. The number of furan rings is 2. The van der Waals surface area contributed by atoms with Crippen molar-refractivity contribution in [3.05, 3.63) is 65.2 Å². The van der Waals surface area contributed by atoms with Crippen molar-refractivity contribution in [2.45, 2.75) is 13.5 Å². The Bertz CT molecular complexity index is 904. The third kappa shape index (κ3) is 3.59. The van der Waals surface area contributed by atoms with Crippen LogP contribution in [0.4, 0.5) is 4.79 Å². The van der Waals surface area contributed by atoms with Gasteiger partial charge in [0.25, 0.3) is 5.91 Å². The molecule has 0 atom stereocenters. The summed E-state index contributed by atoms with van der Waals surface area (Å²) in [5, 5.41) is 2.52. The lowest BCUT2D eigenvalue weighted by Gasteiger charge is -2.09. The lowest BCUT2D eigenvalue weighted by molar-refractivity contribution is -0.123. The number of imide groups is 1. The molecule has 3 amide bonds. The molecular weight excluding hydrogens is 340 g/mol. The van der Waals surface area contributed by atoms with Gasteiger partial charge in [0.15, 0.2) is 0 Å². The van der Waals surface area contributed by atoms with Crippen molar-refractivity contribution >= 4 is 24.0 Å². The summed E-state index contributed by atoms with van der Waals surface area (Å²) in [5.41, 5.74) is 0.881. The van der Waals surface area contributed by atoms with Gasteiger partial charge in [0.1, 0.15) is 17.2 Å². The van der Waals surface area contributed by atoms with Crippen molar-refractivity contribution in [2.75, 3.05) is 7.11 Å². The van der Waals surface area contributed by atoms with E-state index in [1.807, 2.05) is 0 Å². The Hall–Kier alpha value is -3.55. The van der Waals surface area contributed by atoms with Crippen LogP contribution in [0.3, 0.4) is 0 Å². The highest BCUT2D eigenvalue weighted by atomic mass is 16.5. The van der Waals surface area contributed by atoms with Crippen molar-refractivity contribution in [3.63, 3.8) is 0 Å². The molecule has 0 saturated carbocycles. The normalized spacial score (nSPS) is 16.3. The number of hydrogen-bond donors (Lipinski definition) is 1. The Morgan fingerprint density at radius 3 is 2.81 bits per heavy atom. The van der Waals surface area contributed by atoms with E-state index in [1.54, 1.807) is 37.5 Å². The van der Waals surface area contributed by atoms with Crippen LogP contribution in [0.15, 0.2) is 56.7 Å². The monoisotopic (exact) mass is 356 g/mol. The molecule has 2 aromatic rings. The molecule has 1 saturated heterocycles. The Kier molecular flexibility index (Phi) is 4.74. The second kappa shape index (κ2) is 7.14. The molecule has 1 aliphatic rings. The second-order valence-electron chi connectivity index (χ2n) is 5.54. The average molecular weight is 356 g/mol. The van der Waals surface area contributed by atoms with E-state index >= 15 is 0 Å². The summed E-state index contributed by atoms with van der Waals surface area (Å²) < 4.78 is 15.0. The van der Waals surface area contributed by atoms with Crippen molar-refractivity contribution in [1.29, 1.82) is 0 Å². The fourth-order valence-electron chi connectivity index (χ4n) is 2.41. The number of amides is 3. The molecular formula is C18H16N2O6. The predicted octanol–water partition coefficient (Wildman–Crippen LogP) is 2.70. The Morgan fingerprint density at radius 1 is 1.31 bits per heavy atom. The smallest absolute Gasteiger partial charge is 0.373 e. The van der Waals surface area contributed by atoms with E-state index in [9.17, 15) is 14.4 Å². The molecule has 0 aliphatic carbocycles.